The number of likely N-dealkylation sites (tertiary alicyclic amines) is 1. The average molecular weight is 534 g/mol. The second kappa shape index (κ2) is 11.8. The standard InChI is InChI=1S/C20H34NO7PS2.K/c1-5-29(22,6-2)14-12-20(4)16(3)21(13-7-8-15-30(23,24)25)17-10-9-11-18(19(17)20)31(26,27)28;/h9-10,16-17,19H,5-8,12-15H2,1-4H3,(H-,23,24,25,26,27,28);/q;+1/p-1. The number of hydrogen-bond acceptors (Lipinski definition) is 8. The van der Waals surface area contributed by atoms with E-state index in [4.69, 9.17) is 0 Å². The molecule has 178 valence electrons. The van der Waals surface area contributed by atoms with Crippen LogP contribution in [-0.4, -0.2) is 73.7 Å². The number of nitrogens with zero attached hydrogens (tertiary/aromatic N) is 1. The third kappa shape index (κ3) is 7.28. The van der Waals surface area contributed by atoms with Gasteiger partial charge in [-0.05, 0) is 43.9 Å². The molecule has 1 heterocycles. The van der Waals surface area contributed by atoms with Crippen molar-refractivity contribution in [3.05, 3.63) is 23.1 Å². The van der Waals surface area contributed by atoms with Crippen LogP contribution >= 0.6 is 7.14 Å². The normalized spacial score (nSPS) is 28.6. The Morgan fingerprint density at radius 1 is 1.16 bits per heavy atom. The molecule has 0 spiro atoms. The van der Waals surface area contributed by atoms with Crippen molar-refractivity contribution in [2.45, 2.75) is 59.0 Å². The molecule has 0 aromatic carbocycles. The number of allylic oxidation sites excluding steroid dienone is 2. The van der Waals surface area contributed by atoms with E-state index in [0.29, 0.717) is 37.9 Å². The van der Waals surface area contributed by atoms with Crippen LogP contribution in [-0.2, 0) is 24.8 Å². The van der Waals surface area contributed by atoms with Crippen LogP contribution in [0.3, 0.4) is 0 Å². The van der Waals surface area contributed by atoms with Crippen molar-refractivity contribution >= 4 is 27.4 Å². The molecule has 0 saturated carbocycles. The van der Waals surface area contributed by atoms with Crippen LogP contribution in [0.1, 0.15) is 47.0 Å². The first-order valence-electron chi connectivity index (χ1n) is 10.7. The monoisotopic (exact) mass is 533 g/mol. The van der Waals surface area contributed by atoms with Crippen LogP contribution in [0, 0.1) is 17.4 Å². The SMILES string of the molecule is CCP(=O)(CC)CCC1(C)C2C(S(=O)(=O)[O-])=[C+]C=CC2N(CCCCS(=O)(=O)[O-])C1C.[K+]. The molecule has 2 rings (SSSR count). The van der Waals surface area contributed by atoms with Gasteiger partial charge in [-0.1, -0.05) is 20.8 Å². The van der Waals surface area contributed by atoms with Crippen LogP contribution in [0.15, 0.2) is 17.1 Å². The third-order valence-electron chi connectivity index (χ3n) is 7.23. The smallest absolute Gasteiger partial charge is 0.748 e. The minimum atomic E-state index is -4.72. The Balaban J connectivity index is 0.00000512. The van der Waals surface area contributed by atoms with Crippen molar-refractivity contribution in [1.29, 1.82) is 0 Å². The number of fused-ring (bicyclic) bond motifs is 1. The van der Waals surface area contributed by atoms with Gasteiger partial charge in [0.05, 0.1) is 29.3 Å². The van der Waals surface area contributed by atoms with Crippen LogP contribution in [0.25, 0.3) is 0 Å². The van der Waals surface area contributed by atoms with Crippen molar-refractivity contribution < 1.29 is 81.9 Å². The molecule has 0 radical (unpaired) electrons. The van der Waals surface area contributed by atoms with Crippen molar-refractivity contribution in [3.8, 4) is 0 Å². The van der Waals surface area contributed by atoms with Gasteiger partial charge in [0.2, 0.25) is 0 Å². The largest absolute Gasteiger partial charge is 1.00 e. The molecule has 0 aromatic rings. The molecule has 2 aliphatic rings. The van der Waals surface area contributed by atoms with Crippen molar-refractivity contribution in [3.63, 3.8) is 0 Å². The number of hydrogen-bond donors (Lipinski definition) is 0. The molecular formula is C20H33KNO7PS2. The summed E-state index contributed by atoms with van der Waals surface area (Å²) in [4.78, 5) is 1.81. The van der Waals surface area contributed by atoms with E-state index in [1.165, 1.54) is 6.08 Å². The third-order valence-corrected chi connectivity index (χ3v) is 12.3. The van der Waals surface area contributed by atoms with E-state index in [1.807, 2.05) is 33.8 Å². The quantitative estimate of drug-likeness (QED) is 0.115. The minimum absolute atomic E-state index is 0. The summed E-state index contributed by atoms with van der Waals surface area (Å²) < 4.78 is 81.9. The minimum Gasteiger partial charge on any atom is -0.748 e. The molecule has 32 heavy (non-hydrogen) atoms. The predicted molar refractivity (Wildman–Crippen MR) is 119 cm³/mol. The zero-order chi connectivity index (χ0) is 23.7. The van der Waals surface area contributed by atoms with Gasteiger partial charge in [-0.2, -0.15) is 0 Å². The van der Waals surface area contributed by atoms with Crippen LogP contribution in [0.5, 0.6) is 0 Å². The topological polar surface area (TPSA) is 135 Å². The van der Waals surface area contributed by atoms with Crippen LogP contribution < -0.4 is 51.4 Å². The van der Waals surface area contributed by atoms with Gasteiger partial charge in [-0.25, -0.2) is 16.8 Å². The van der Waals surface area contributed by atoms with E-state index in [0.717, 1.165) is 0 Å². The Hall–Kier alpha value is 1.04. The summed E-state index contributed by atoms with van der Waals surface area (Å²) in [5.41, 5.74) is -0.625. The van der Waals surface area contributed by atoms with Gasteiger partial charge in [0.15, 0.2) is 11.0 Å². The van der Waals surface area contributed by atoms with E-state index in [1.54, 1.807) is 0 Å². The van der Waals surface area contributed by atoms with Gasteiger partial charge in [0, 0.05) is 24.5 Å². The van der Waals surface area contributed by atoms with Gasteiger partial charge in [0.1, 0.15) is 22.2 Å². The molecule has 12 heteroatoms. The average Bonchev–Trinajstić information content (AvgIpc) is 2.90. The van der Waals surface area contributed by atoms with Crippen LogP contribution in [0.4, 0.5) is 0 Å². The molecule has 0 N–H and O–H groups in total. The summed E-state index contributed by atoms with van der Waals surface area (Å²) >= 11 is 0. The van der Waals surface area contributed by atoms with E-state index in [-0.39, 0.29) is 74.8 Å². The second-order valence-electron chi connectivity index (χ2n) is 8.84. The van der Waals surface area contributed by atoms with Crippen molar-refractivity contribution in [1.82, 2.24) is 4.90 Å². The summed E-state index contributed by atoms with van der Waals surface area (Å²) in [5, 5.41) is 0. The molecule has 0 aromatic heterocycles. The van der Waals surface area contributed by atoms with Gasteiger partial charge in [0.25, 0.3) is 0 Å². The Bertz CT molecular complexity index is 972. The number of unbranched alkanes of at least 4 members (excludes halogenated alkanes) is 1. The summed E-state index contributed by atoms with van der Waals surface area (Å²) in [6.07, 6.45) is 8.74. The summed E-state index contributed by atoms with van der Waals surface area (Å²) in [5.74, 6) is -1.05. The Labute approximate surface area is 236 Å². The summed E-state index contributed by atoms with van der Waals surface area (Å²) in [6.45, 7) is 8.17. The summed E-state index contributed by atoms with van der Waals surface area (Å²) in [6, 6.07) is -0.499. The zero-order valence-electron chi connectivity index (χ0n) is 19.6. The first-order valence-corrected chi connectivity index (χ1v) is 16.0. The zero-order valence-corrected chi connectivity index (χ0v) is 25.3. The predicted octanol–water partition coefficient (Wildman–Crippen LogP) is -0.394. The molecule has 1 saturated heterocycles. The molecule has 0 amide bonds. The first kappa shape index (κ1) is 31.1. The van der Waals surface area contributed by atoms with Gasteiger partial charge >= 0.3 is 51.4 Å². The fraction of sp³-hybridized carbons (Fsp3) is 0.800. The first-order chi connectivity index (χ1) is 14.2. The van der Waals surface area contributed by atoms with E-state index in [2.05, 4.69) is 11.0 Å². The van der Waals surface area contributed by atoms with E-state index in [9.17, 15) is 30.5 Å². The fourth-order valence-corrected chi connectivity index (χ4v) is 8.42. The molecule has 4 unspecified atom stereocenters. The van der Waals surface area contributed by atoms with Gasteiger partial charge in [-0.15, -0.1) is 0 Å². The Morgan fingerprint density at radius 2 is 1.75 bits per heavy atom. The molecule has 4 atom stereocenters. The van der Waals surface area contributed by atoms with Crippen molar-refractivity contribution in [2.24, 2.45) is 11.3 Å². The fourth-order valence-electron chi connectivity index (χ4n) is 4.97. The summed E-state index contributed by atoms with van der Waals surface area (Å²) in [7, 11) is -11.4. The Morgan fingerprint density at radius 3 is 2.25 bits per heavy atom. The maximum Gasteiger partial charge on any atom is 1.00 e. The van der Waals surface area contributed by atoms with Gasteiger partial charge < -0.3 is 13.7 Å². The molecule has 0 bridgehead atoms. The molecule has 1 aliphatic heterocycles. The maximum atomic E-state index is 13.1. The Kier molecular flexibility index (Phi) is 11.5. The van der Waals surface area contributed by atoms with Gasteiger partial charge in [-0.3, -0.25) is 4.90 Å². The van der Waals surface area contributed by atoms with E-state index < -0.39 is 44.5 Å². The van der Waals surface area contributed by atoms with Crippen molar-refractivity contribution in [2.75, 3.05) is 30.8 Å². The van der Waals surface area contributed by atoms with E-state index >= 15 is 0 Å². The maximum absolute atomic E-state index is 13.1. The molecule has 8 nitrogen and oxygen atoms in total. The second-order valence-corrected chi connectivity index (χ2v) is 15.5. The molecule has 1 fully saturated rings. The molecular weight excluding hydrogens is 500 g/mol. The number of rotatable bonds is 11. The van der Waals surface area contributed by atoms with Crippen LogP contribution in [0.2, 0.25) is 0 Å². The molecule has 1 aliphatic carbocycles.